The van der Waals surface area contributed by atoms with Gasteiger partial charge in [0.1, 0.15) is 0 Å². The highest BCUT2D eigenvalue weighted by Crippen LogP contribution is 2.25. The van der Waals surface area contributed by atoms with E-state index in [4.69, 9.17) is 11.6 Å². The molecule has 0 aliphatic rings. The van der Waals surface area contributed by atoms with Gasteiger partial charge >= 0.3 is 0 Å². The standard InChI is InChI=1S/C21H17ClN4O2S/c1-3-26-17-9-8-14(22)10-15(17)19(27)18(25-26)20(28)24-21-23-16(11-29-21)13-6-4-12(2)5-7-13/h4-11H,3H2,1-2H3,(H,23,24,28). The molecule has 4 rings (SSSR count). The first-order chi connectivity index (χ1) is 14.0. The molecule has 2 aromatic heterocycles. The summed E-state index contributed by atoms with van der Waals surface area (Å²) in [6.07, 6.45) is 0. The molecule has 1 N–H and O–H groups in total. The van der Waals surface area contributed by atoms with E-state index in [-0.39, 0.29) is 5.69 Å². The van der Waals surface area contributed by atoms with Crippen molar-refractivity contribution in [2.75, 3.05) is 5.32 Å². The fourth-order valence-electron chi connectivity index (χ4n) is 3.00. The first-order valence-electron chi connectivity index (χ1n) is 9.00. The molecule has 0 unspecified atom stereocenters. The highest BCUT2D eigenvalue weighted by molar-refractivity contribution is 7.14. The number of hydrogen-bond donors (Lipinski definition) is 1. The average molecular weight is 425 g/mol. The lowest BCUT2D eigenvalue weighted by molar-refractivity contribution is 0.101. The quantitative estimate of drug-likeness (QED) is 0.512. The molecule has 0 fully saturated rings. The van der Waals surface area contributed by atoms with E-state index >= 15 is 0 Å². The maximum atomic E-state index is 12.8. The summed E-state index contributed by atoms with van der Waals surface area (Å²) in [5.41, 5.74) is 2.86. The van der Waals surface area contributed by atoms with Crippen LogP contribution < -0.4 is 10.7 Å². The lowest BCUT2D eigenvalue weighted by Crippen LogP contribution is -2.27. The van der Waals surface area contributed by atoms with Crippen molar-refractivity contribution in [3.05, 3.63) is 74.3 Å². The van der Waals surface area contributed by atoms with Gasteiger partial charge in [0.25, 0.3) is 5.91 Å². The number of anilines is 1. The first kappa shape index (κ1) is 19.3. The summed E-state index contributed by atoms with van der Waals surface area (Å²) in [4.78, 5) is 30.0. The molecule has 2 aromatic carbocycles. The number of nitrogens with zero attached hydrogens (tertiary/aromatic N) is 3. The van der Waals surface area contributed by atoms with Gasteiger partial charge in [0.05, 0.1) is 16.6 Å². The number of aromatic nitrogens is 3. The molecule has 0 bridgehead atoms. The zero-order valence-electron chi connectivity index (χ0n) is 15.8. The van der Waals surface area contributed by atoms with Gasteiger partial charge in [-0.3, -0.25) is 19.6 Å². The van der Waals surface area contributed by atoms with E-state index in [9.17, 15) is 9.59 Å². The molecular weight excluding hydrogens is 408 g/mol. The Labute approximate surface area is 175 Å². The number of amides is 1. The number of halogens is 1. The van der Waals surface area contributed by atoms with Gasteiger partial charge in [-0.2, -0.15) is 5.10 Å². The van der Waals surface area contributed by atoms with Crippen LogP contribution in [0.2, 0.25) is 5.02 Å². The summed E-state index contributed by atoms with van der Waals surface area (Å²) in [6, 6.07) is 12.9. The number of thiazole rings is 1. The van der Waals surface area contributed by atoms with Crippen LogP contribution in [0.15, 0.2) is 52.6 Å². The van der Waals surface area contributed by atoms with E-state index in [0.717, 1.165) is 16.8 Å². The molecule has 6 nitrogen and oxygen atoms in total. The van der Waals surface area contributed by atoms with E-state index in [1.165, 1.54) is 11.3 Å². The summed E-state index contributed by atoms with van der Waals surface area (Å²) in [7, 11) is 0. The Morgan fingerprint density at radius 2 is 1.97 bits per heavy atom. The number of hydrogen-bond acceptors (Lipinski definition) is 5. The van der Waals surface area contributed by atoms with Crippen LogP contribution in [-0.4, -0.2) is 20.7 Å². The Hall–Kier alpha value is -3.03. The number of fused-ring (bicyclic) bond motifs is 1. The average Bonchev–Trinajstić information content (AvgIpc) is 3.17. The third-order valence-electron chi connectivity index (χ3n) is 4.50. The number of aryl methyl sites for hydroxylation is 2. The maximum Gasteiger partial charge on any atom is 0.281 e. The van der Waals surface area contributed by atoms with Crippen LogP contribution in [0.4, 0.5) is 5.13 Å². The number of carbonyl (C=O) groups excluding carboxylic acids is 1. The summed E-state index contributed by atoms with van der Waals surface area (Å²) in [5, 5.41) is 9.99. The van der Waals surface area contributed by atoms with Crippen molar-refractivity contribution in [3.63, 3.8) is 0 Å². The van der Waals surface area contributed by atoms with E-state index in [2.05, 4.69) is 15.4 Å². The van der Waals surface area contributed by atoms with Gasteiger partial charge in [-0.05, 0) is 32.0 Å². The number of nitrogens with one attached hydrogen (secondary N) is 1. The molecule has 2 heterocycles. The molecule has 0 aliphatic carbocycles. The molecular formula is C21H17ClN4O2S. The second-order valence-electron chi connectivity index (χ2n) is 6.51. The minimum Gasteiger partial charge on any atom is -0.296 e. The predicted molar refractivity (Wildman–Crippen MR) is 117 cm³/mol. The normalized spacial score (nSPS) is 11.0. The van der Waals surface area contributed by atoms with Crippen molar-refractivity contribution in [1.82, 2.24) is 14.8 Å². The van der Waals surface area contributed by atoms with Gasteiger partial charge in [0, 0.05) is 22.5 Å². The third-order valence-corrected chi connectivity index (χ3v) is 5.50. The molecule has 1 amide bonds. The summed E-state index contributed by atoms with van der Waals surface area (Å²) in [6.45, 7) is 4.42. The van der Waals surface area contributed by atoms with Crippen LogP contribution in [0.25, 0.3) is 22.2 Å². The van der Waals surface area contributed by atoms with Gasteiger partial charge < -0.3 is 0 Å². The van der Waals surface area contributed by atoms with Crippen molar-refractivity contribution in [2.45, 2.75) is 20.4 Å². The molecule has 0 radical (unpaired) electrons. The van der Waals surface area contributed by atoms with Crippen LogP contribution in [0, 0.1) is 6.92 Å². The fourth-order valence-corrected chi connectivity index (χ4v) is 3.88. The van der Waals surface area contributed by atoms with Crippen molar-refractivity contribution in [3.8, 4) is 11.3 Å². The summed E-state index contributed by atoms with van der Waals surface area (Å²) < 4.78 is 1.61. The zero-order valence-corrected chi connectivity index (χ0v) is 17.3. The highest BCUT2D eigenvalue weighted by atomic mass is 35.5. The Kier molecular flexibility index (Phi) is 5.17. The van der Waals surface area contributed by atoms with E-state index < -0.39 is 11.3 Å². The number of carbonyl (C=O) groups is 1. The van der Waals surface area contributed by atoms with Crippen LogP contribution in [0.3, 0.4) is 0 Å². The van der Waals surface area contributed by atoms with Crippen molar-refractivity contribution in [1.29, 1.82) is 0 Å². The molecule has 8 heteroatoms. The minimum atomic E-state index is -0.594. The van der Waals surface area contributed by atoms with Crippen LogP contribution in [-0.2, 0) is 6.54 Å². The van der Waals surface area contributed by atoms with Gasteiger partial charge in [0.2, 0.25) is 5.43 Å². The monoisotopic (exact) mass is 424 g/mol. The molecule has 0 aliphatic heterocycles. The molecule has 4 aromatic rings. The molecule has 0 saturated heterocycles. The lowest BCUT2D eigenvalue weighted by Gasteiger charge is -2.10. The van der Waals surface area contributed by atoms with Gasteiger partial charge in [-0.15, -0.1) is 11.3 Å². The highest BCUT2D eigenvalue weighted by Gasteiger charge is 2.19. The minimum absolute atomic E-state index is 0.186. The van der Waals surface area contributed by atoms with Gasteiger partial charge in [-0.25, -0.2) is 4.98 Å². The largest absolute Gasteiger partial charge is 0.296 e. The molecule has 29 heavy (non-hydrogen) atoms. The summed E-state index contributed by atoms with van der Waals surface area (Å²) >= 11 is 7.33. The van der Waals surface area contributed by atoms with Gasteiger partial charge in [0.15, 0.2) is 10.8 Å². The third kappa shape index (κ3) is 3.79. The Morgan fingerprint density at radius 3 is 2.69 bits per heavy atom. The second-order valence-corrected chi connectivity index (χ2v) is 7.81. The summed E-state index contributed by atoms with van der Waals surface area (Å²) in [5.74, 6) is -0.594. The van der Waals surface area contributed by atoms with Crippen molar-refractivity contribution >= 4 is 44.9 Å². The molecule has 0 saturated carbocycles. The Balaban J connectivity index is 1.67. The topological polar surface area (TPSA) is 76.9 Å². The van der Waals surface area contributed by atoms with Crippen LogP contribution in [0.5, 0.6) is 0 Å². The van der Waals surface area contributed by atoms with E-state index in [1.807, 2.05) is 43.5 Å². The lowest BCUT2D eigenvalue weighted by atomic mass is 10.1. The molecule has 0 atom stereocenters. The second kappa shape index (κ2) is 7.77. The smallest absolute Gasteiger partial charge is 0.281 e. The first-order valence-corrected chi connectivity index (χ1v) is 10.3. The van der Waals surface area contributed by atoms with Crippen molar-refractivity contribution < 1.29 is 4.79 Å². The van der Waals surface area contributed by atoms with Crippen LogP contribution >= 0.6 is 22.9 Å². The SMILES string of the molecule is CCn1nc(C(=O)Nc2nc(-c3ccc(C)cc3)cs2)c(=O)c2cc(Cl)ccc21. The predicted octanol–water partition coefficient (Wildman–Crippen LogP) is 4.75. The van der Waals surface area contributed by atoms with Crippen molar-refractivity contribution in [2.24, 2.45) is 0 Å². The molecule has 0 spiro atoms. The zero-order chi connectivity index (χ0) is 20.5. The Morgan fingerprint density at radius 1 is 1.21 bits per heavy atom. The fraction of sp³-hybridized carbons (Fsp3) is 0.143. The Bertz CT molecular complexity index is 1280. The molecule has 146 valence electrons. The van der Waals surface area contributed by atoms with Gasteiger partial charge in [-0.1, -0.05) is 41.4 Å². The van der Waals surface area contributed by atoms with Crippen LogP contribution in [0.1, 0.15) is 23.0 Å². The number of rotatable bonds is 4. The maximum absolute atomic E-state index is 12.8. The van der Waals surface area contributed by atoms with E-state index in [0.29, 0.717) is 27.6 Å². The van der Waals surface area contributed by atoms with E-state index in [1.54, 1.807) is 22.9 Å². The number of benzene rings is 2.